The van der Waals surface area contributed by atoms with Crippen LogP contribution in [0.3, 0.4) is 0 Å². The predicted molar refractivity (Wildman–Crippen MR) is 97.2 cm³/mol. The molecule has 2 saturated heterocycles. The number of fused-ring (bicyclic) bond motifs is 1. The first-order valence-corrected chi connectivity index (χ1v) is 9.64. The molecule has 144 valence electrons. The summed E-state index contributed by atoms with van der Waals surface area (Å²) in [6, 6.07) is 5.52. The smallest absolute Gasteiger partial charge is 0.410 e. The Morgan fingerprint density at radius 2 is 2.00 bits per heavy atom. The van der Waals surface area contributed by atoms with Crippen LogP contribution in [-0.4, -0.2) is 63.9 Å². The number of hydrogen-bond acceptors (Lipinski definition) is 6. The van der Waals surface area contributed by atoms with Gasteiger partial charge in [0.05, 0.1) is 6.04 Å². The third kappa shape index (κ3) is 3.48. The van der Waals surface area contributed by atoms with Crippen molar-refractivity contribution in [1.29, 1.82) is 0 Å². The zero-order valence-electron chi connectivity index (χ0n) is 15.5. The number of benzene rings is 1. The summed E-state index contributed by atoms with van der Waals surface area (Å²) in [5.74, 6) is -0.0233. The zero-order chi connectivity index (χ0) is 18.8. The van der Waals surface area contributed by atoms with Crippen LogP contribution < -0.4 is 0 Å². The molecule has 2 aromatic rings. The summed E-state index contributed by atoms with van der Waals surface area (Å²) in [6.07, 6.45) is 4.53. The largest absolute Gasteiger partial charge is 0.447 e. The lowest BCUT2D eigenvalue weighted by Crippen LogP contribution is -2.49. The Morgan fingerprint density at radius 1 is 1.22 bits per heavy atom. The highest BCUT2D eigenvalue weighted by molar-refractivity contribution is 5.97. The molecule has 8 nitrogen and oxygen atoms in total. The average molecular weight is 372 g/mol. The summed E-state index contributed by atoms with van der Waals surface area (Å²) in [4.78, 5) is 28.8. The monoisotopic (exact) mass is 372 g/mol. The van der Waals surface area contributed by atoms with Crippen molar-refractivity contribution in [3.63, 3.8) is 0 Å². The molecule has 4 rings (SSSR count). The first kappa shape index (κ1) is 17.8. The first-order chi connectivity index (χ1) is 13.2. The van der Waals surface area contributed by atoms with Crippen LogP contribution in [0.5, 0.6) is 0 Å². The highest BCUT2D eigenvalue weighted by atomic mass is 16.6. The Morgan fingerprint density at radius 3 is 2.78 bits per heavy atom. The molecule has 3 heterocycles. The fraction of sp³-hybridized carbons (Fsp3) is 0.579. The molecule has 0 N–H and O–H groups in total. The summed E-state index contributed by atoms with van der Waals surface area (Å²) in [7, 11) is 0. The molecule has 1 unspecified atom stereocenters. The Labute approximate surface area is 157 Å². The lowest BCUT2D eigenvalue weighted by atomic mass is 9.99. The molecule has 1 aromatic carbocycles. The van der Waals surface area contributed by atoms with Gasteiger partial charge in [0, 0.05) is 24.7 Å². The molecule has 2 aliphatic heterocycles. The van der Waals surface area contributed by atoms with Gasteiger partial charge in [-0.2, -0.15) is 0 Å². The van der Waals surface area contributed by atoms with E-state index in [0.29, 0.717) is 36.3 Å². The molecule has 0 saturated carbocycles. The molecule has 1 aromatic heterocycles. The highest BCUT2D eigenvalue weighted by Crippen LogP contribution is 2.27. The number of rotatable bonds is 5. The van der Waals surface area contributed by atoms with Crippen LogP contribution in [0.2, 0.25) is 0 Å². The molecule has 8 heteroatoms. The predicted octanol–water partition coefficient (Wildman–Crippen LogP) is 2.84. The molecular formula is C19H24N4O4. The maximum absolute atomic E-state index is 12.8. The number of carbonyl (C=O) groups excluding carboxylic acids is 2. The highest BCUT2D eigenvalue weighted by Gasteiger charge is 2.39. The SMILES string of the molecule is CCCCC1COC(=O)N1C1CCN(C(=O)c2ccc3nonc3c2)CC1. The van der Waals surface area contributed by atoms with E-state index < -0.39 is 0 Å². The third-order valence-electron chi connectivity index (χ3n) is 5.54. The summed E-state index contributed by atoms with van der Waals surface area (Å²) >= 11 is 0. The summed E-state index contributed by atoms with van der Waals surface area (Å²) in [5.41, 5.74) is 1.79. The number of aromatic nitrogens is 2. The van der Waals surface area contributed by atoms with Gasteiger partial charge < -0.3 is 9.64 Å². The quantitative estimate of drug-likeness (QED) is 0.802. The minimum atomic E-state index is -0.204. The number of cyclic esters (lactones) is 1. The molecular weight excluding hydrogens is 348 g/mol. The van der Waals surface area contributed by atoms with Crippen molar-refractivity contribution in [2.45, 2.75) is 51.1 Å². The molecule has 0 bridgehead atoms. The van der Waals surface area contributed by atoms with Gasteiger partial charge in [-0.05, 0) is 47.8 Å². The Bertz CT molecular complexity index is 828. The summed E-state index contributed by atoms with van der Waals surface area (Å²) in [6.45, 7) is 3.90. The maximum Gasteiger partial charge on any atom is 0.410 e. The zero-order valence-corrected chi connectivity index (χ0v) is 15.5. The number of carbonyl (C=O) groups is 2. The van der Waals surface area contributed by atoms with Crippen LogP contribution in [0.1, 0.15) is 49.4 Å². The summed E-state index contributed by atoms with van der Waals surface area (Å²) < 4.78 is 9.98. The second-order valence-electron chi connectivity index (χ2n) is 7.27. The van der Waals surface area contributed by atoms with Gasteiger partial charge in [0.15, 0.2) is 0 Å². The Kier molecular flexibility index (Phi) is 4.96. The molecule has 1 atom stereocenters. The number of unbranched alkanes of at least 4 members (excludes halogenated alkanes) is 1. The Balaban J connectivity index is 1.39. The number of piperidine rings is 1. The number of likely N-dealkylation sites (tertiary alicyclic amines) is 1. The van der Waals surface area contributed by atoms with Crippen LogP contribution >= 0.6 is 0 Å². The Hall–Kier alpha value is -2.64. The van der Waals surface area contributed by atoms with Crippen LogP contribution in [0.15, 0.2) is 22.8 Å². The normalized spacial score (nSPS) is 21.1. The number of amides is 2. The fourth-order valence-corrected chi connectivity index (χ4v) is 4.03. The van der Waals surface area contributed by atoms with Gasteiger partial charge in [0.1, 0.15) is 17.6 Å². The van der Waals surface area contributed by atoms with E-state index in [-0.39, 0.29) is 24.1 Å². The number of nitrogens with zero attached hydrogens (tertiary/aromatic N) is 4. The van der Waals surface area contributed by atoms with Crippen LogP contribution in [-0.2, 0) is 4.74 Å². The van der Waals surface area contributed by atoms with E-state index >= 15 is 0 Å². The molecule has 0 aliphatic carbocycles. The van der Waals surface area contributed by atoms with E-state index in [2.05, 4.69) is 21.9 Å². The fourth-order valence-electron chi connectivity index (χ4n) is 4.03. The van der Waals surface area contributed by atoms with Gasteiger partial charge in [-0.1, -0.05) is 19.8 Å². The van der Waals surface area contributed by atoms with E-state index in [1.165, 1.54) is 0 Å². The third-order valence-corrected chi connectivity index (χ3v) is 5.54. The van der Waals surface area contributed by atoms with Gasteiger partial charge in [-0.15, -0.1) is 0 Å². The van der Waals surface area contributed by atoms with Crippen LogP contribution in [0, 0.1) is 0 Å². The van der Waals surface area contributed by atoms with Crippen molar-refractivity contribution >= 4 is 23.0 Å². The van der Waals surface area contributed by atoms with E-state index in [1.807, 2.05) is 9.80 Å². The van der Waals surface area contributed by atoms with Gasteiger partial charge >= 0.3 is 6.09 Å². The van der Waals surface area contributed by atoms with E-state index in [4.69, 9.17) is 4.74 Å². The van der Waals surface area contributed by atoms with Crippen molar-refractivity contribution < 1.29 is 19.0 Å². The van der Waals surface area contributed by atoms with E-state index in [1.54, 1.807) is 18.2 Å². The van der Waals surface area contributed by atoms with Gasteiger partial charge in [-0.3, -0.25) is 9.69 Å². The standard InChI is InChI=1S/C19H24N4O4/c1-2-3-4-15-12-26-19(25)23(15)14-7-9-22(10-8-14)18(24)13-5-6-16-17(11-13)21-27-20-16/h5-6,11,14-15H,2-4,7-10,12H2,1H3. The maximum atomic E-state index is 12.8. The first-order valence-electron chi connectivity index (χ1n) is 9.64. The lowest BCUT2D eigenvalue weighted by Gasteiger charge is -2.38. The molecule has 2 aliphatic rings. The van der Waals surface area contributed by atoms with Gasteiger partial charge in [0.25, 0.3) is 5.91 Å². The minimum Gasteiger partial charge on any atom is -0.447 e. The van der Waals surface area contributed by atoms with E-state index in [0.717, 1.165) is 32.1 Å². The lowest BCUT2D eigenvalue weighted by molar-refractivity contribution is 0.0633. The molecule has 2 fully saturated rings. The number of ether oxygens (including phenoxy) is 1. The second kappa shape index (κ2) is 7.54. The van der Waals surface area contributed by atoms with E-state index in [9.17, 15) is 9.59 Å². The molecule has 0 radical (unpaired) electrons. The van der Waals surface area contributed by atoms with Crippen LogP contribution in [0.25, 0.3) is 11.0 Å². The van der Waals surface area contributed by atoms with Gasteiger partial charge in [-0.25, -0.2) is 9.42 Å². The van der Waals surface area contributed by atoms with Crippen molar-refractivity contribution in [2.75, 3.05) is 19.7 Å². The minimum absolute atomic E-state index is 0.0233. The second-order valence-corrected chi connectivity index (χ2v) is 7.27. The molecule has 0 spiro atoms. The topological polar surface area (TPSA) is 88.8 Å². The average Bonchev–Trinajstić information content (AvgIpc) is 3.31. The van der Waals surface area contributed by atoms with Crippen molar-refractivity contribution in [1.82, 2.24) is 20.1 Å². The summed E-state index contributed by atoms with van der Waals surface area (Å²) in [5, 5.41) is 7.56. The van der Waals surface area contributed by atoms with Crippen molar-refractivity contribution in [3.8, 4) is 0 Å². The number of hydrogen-bond donors (Lipinski definition) is 0. The molecule has 27 heavy (non-hydrogen) atoms. The van der Waals surface area contributed by atoms with Crippen molar-refractivity contribution in [2.24, 2.45) is 0 Å². The van der Waals surface area contributed by atoms with Crippen molar-refractivity contribution in [3.05, 3.63) is 23.8 Å². The van der Waals surface area contributed by atoms with Crippen LogP contribution in [0.4, 0.5) is 4.79 Å². The van der Waals surface area contributed by atoms with Gasteiger partial charge in [0.2, 0.25) is 0 Å². The molecule has 2 amide bonds.